The van der Waals surface area contributed by atoms with E-state index in [-0.39, 0.29) is 30.8 Å². The molecule has 0 aliphatic carbocycles. The summed E-state index contributed by atoms with van der Waals surface area (Å²) in [5.41, 5.74) is 0.989. The van der Waals surface area contributed by atoms with E-state index >= 15 is 0 Å². The van der Waals surface area contributed by atoms with Crippen molar-refractivity contribution in [1.29, 1.82) is 5.26 Å². The van der Waals surface area contributed by atoms with Crippen molar-refractivity contribution >= 4 is 23.4 Å². The second-order valence-electron chi connectivity index (χ2n) is 9.71. The second-order valence-corrected chi connectivity index (χ2v) is 10.1. The number of aromatic carboxylic acids is 1. The van der Waals surface area contributed by atoms with Gasteiger partial charge in [-0.2, -0.15) is 5.26 Å². The first-order valence-electron chi connectivity index (χ1n) is 11.9. The minimum Gasteiger partial charge on any atom is -0.495 e. The molecule has 1 N–H and O–H groups in total. The van der Waals surface area contributed by atoms with Gasteiger partial charge >= 0.3 is 5.97 Å². The molecule has 0 saturated heterocycles. The molecule has 0 aliphatic rings. The number of rotatable bonds is 10. The van der Waals surface area contributed by atoms with Crippen LogP contribution in [0.5, 0.6) is 5.75 Å². The van der Waals surface area contributed by atoms with Gasteiger partial charge in [-0.25, -0.2) is 4.79 Å². The van der Waals surface area contributed by atoms with E-state index in [4.69, 9.17) is 26.2 Å². The van der Waals surface area contributed by atoms with Crippen molar-refractivity contribution in [3.05, 3.63) is 86.8 Å². The first-order chi connectivity index (χ1) is 17.9. The number of methoxy groups -OCH3 is 1. The van der Waals surface area contributed by atoms with Gasteiger partial charge in [0.2, 0.25) is 0 Å². The summed E-state index contributed by atoms with van der Waals surface area (Å²) in [6, 6.07) is 13.3. The molecule has 3 aromatic rings. The average Bonchev–Trinajstić information content (AvgIpc) is 2.86. The number of nitrogens with zero attached hydrogens (tertiary/aromatic N) is 2. The maximum Gasteiger partial charge on any atom is 0.335 e. The molecule has 0 unspecified atom stereocenters. The molecule has 2 aromatic carbocycles. The molecule has 0 radical (unpaired) electrons. The largest absolute Gasteiger partial charge is 0.495 e. The van der Waals surface area contributed by atoms with Crippen LogP contribution in [-0.4, -0.2) is 40.7 Å². The molecule has 8 nitrogen and oxygen atoms in total. The van der Waals surface area contributed by atoms with Crippen LogP contribution in [0.15, 0.2) is 59.5 Å². The summed E-state index contributed by atoms with van der Waals surface area (Å²) in [7, 11) is 1.44. The minimum absolute atomic E-state index is 0.0105. The number of carboxylic acids is 1. The SMILES string of the molecule is COc1cn([C@@H](CCOC(C)(C)C)C(=O)Cc2ccc(C(=O)O)cc2)c(=O)cc1-c1cc(Cl)ccc1C#N. The average molecular weight is 537 g/mol. The van der Waals surface area contributed by atoms with Crippen LogP contribution in [0.25, 0.3) is 11.1 Å². The van der Waals surface area contributed by atoms with Crippen molar-refractivity contribution in [3.8, 4) is 22.9 Å². The van der Waals surface area contributed by atoms with Crippen molar-refractivity contribution in [2.24, 2.45) is 0 Å². The lowest BCUT2D eigenvalue weighted by atomic mass is 9.98. The number of hydrogen-bond acceptors (Lipinski definition) is 6. The van der Waals surface area contributed by atoms with E-state index in [0.717, 1.165) is 0 Å². The van der Waals surface area contributed by atoms with Gasteiger partial charge < -0.3 is 19.1 Å². The molecular weight excluding hydrogens is 508 g/mol. The van der Waals surface area contributed by atoms with E-state index < -0.39 is 23.2 Å². The third kappa shape index (κ3) is 7.09. The number of aromatic nitrogens is 1. The number of Topliss-reactive ketones (excluding diaryl/α,β-unsaturated/α-hetero) is 1. The zero-order valence-corrected chi connectivity index (χ0v) is 22.4. The molecule has 1 atom stereocenters. The summed E-state index contributed by atoms with van der Waals surface area (Å²) in [6.45, 7) is 5.92. The minimum atomic E-state index is -1.06. The van der Waals surface area contributed by atoms with E-state index in [1.807, 2.05) is 20.8 Å². The number of nitriles is 1. The molecule has 3 rings (SSSR count). The van der Waals surface area contributed by atoms with Crippen LogP contribution in [0.1, 0.15) is 54.7 Å². The van der Waals surface area contributed by atoms with E-state index in [2.05, 4.69) is 6.07 Å². The molecule has 0 saturated carbocycles. The lowest BCUT2D eigenvalue weighted by Gasteiger charge is -2.24. The predicted molar refractivity (Wildman–Crippen MR) is 144 cm³/mol. The van der Waals surface area contributed by atoms with Crippen LogP contribution < -0.4 is 10.3 Å². The van der Waals surface area contributed by atoms with Crippen LogP contribution in [0.3, 0.4) is 0 Å². The number of carbonyl (C=O) groups is 2. The van der Waals surface area contributed by atoms with Gasteiger partial charge in [0.25, 0.3) is 5.56 Å². The first kappa shape index (κ1) is 28.6. The Hall–Kier alpha value is -3.93. The zero-order chi connectivity index (χ0) is 28.0. The number of benzene rings is 2. The fourth-order valence-corrected chi connectivity index (χ4v) is 4.17. The van der Waals surface area contributed by atoms with Crippen LogP contribution in [0, 0.1) is 11.3 Å². The Balaban J connectivity index is 2.03. The van der Waals surface area contributed by atoms with Crippen molar-refractivity contribution in [3.63, 3.8) is 0 Å². The second kappa shape index (κ2) is 12.1. The normalized spacial score (nSPS) is 12.0. The molecule has 0 aliphatic heterocycles. The maximum atomic E-state index is 13.5. The van der Waals surface area contributed by atoms with Crippen LogP contribution in [0.4, 0.5) is 0 Å². The van der Waals surface area contributed by atoms with Crippen molar-refractivity contribution in [2.75, 3.05) is 13.7 Å². The number of ketones is 1. The first-order valence-corrected chi connectivity index (χ1v) is 12.3. The highest BCUT2D eigenvalue weighted by atomic mass is 35.5. The lowest BCUT2D eigenvalue weighted by molar-refractivity contribution is -0.122. The third-order valence-electron chi connectivity index (χ3n) is 5.87. The summed E-state index contributed by atoms with van der Waals surface area (Å²) in [4.78, 5) is 38.0. The van der Waals surface area contributed by atoms with Crippen LogP contribution in [-0.2, 0) is 16.0 Å². The quantitative estimate of drug-likeness (QED) is 0.373. The Kier molecular flexibility index (Phi) is 9.10. The molecule has 1 heterocycles. The number of ether oxygens (including phenoxy) is 2. The highest BCUT2D eigenvalue weighted by Gasteiger charge is 2.25. The molecule has 0 amide bonds. The Morgan fingerprint density at radius 1 is 1.11 bits per heavy atom. The van der Waals surface area contributed by atoms with Crippen molar-refractivity contribution in [1.82, 2.24) is 4.57 Å². The monoisotopic (exact) mass is 536 g/mol. The Bertz CT molecular complexity index is 1430. The van der Waals surface area contributed by atoms with Gasteiger partial charge in [0.1, 0.15) is 5.75 Å². The number of hydrogen-bond donors (Lipinski definition) is 1. The topological polar surface area (TPSA) is 119 Å². The summed E-state index contributed by atoms with van der Waals surface area (Å²) in [5, 5.41) is 19.1. The number of carbonyl (C=O) groups excluding carboxylic acids is 1. The molecule has 198 valence electrons. The fourth-order valence-electron chi connectivity index (χ4n) is 4.00. The van der Waals surface area contributed by atoms with Gasteiger partial charge in [-0.05, 0) is 63.1 Å². The molecule has 1 aromatic heterocycles. The summed E-state index contributed by atoms with van der Waals surface area (Å²) >= 11 is 6.16. The standard InChI is InChI=1S/C29H29ClN2O6/c1-29(2,3)38-12-11-24(25(33)13-18-5-7-19(8-6-18)28(35)36)32-17-26(37-4)23(15-27(32)34)22-14-21(30)10-9-20(22)16-31/h5-10,14-15,17,24H,11-13H2,1-4H3,(H,35,36)/t24-/m0/s1. The molecular formula is C29H29ClN2O6. The fraction of sp³-hybridized carbons (Fsp3) is 0.310. The van der Waals surface area contributed by atoms with E-state index in [1.54, 1.807) is 30.3 Å². The van der Waals surface area contributed by atoms with Gasteiger partial charge in [-0.1, -0.05) is 23.7 Å². The predicted octanol–water partition coefficient (Wildman–Crippen LogP) is 5.31. The smallest absolute Gasteiger partial charge is 0.335 e. The summed E-state index contributed by atoms with van der Waals surface area (Å²) in [5.74, 6) is -1.01. The Morgan fingerprint density at radius 2 is 1.79 bits per heavy atom. The van der Waals surface area contributed by atoms with Crippen molar-refractivity contribution in [2.45, 2.75) is 45.3 Å². The van der Waals surface area contributed by atoms with Gasteiger partial charge in [0.05, 0.1) is 42.1 Å². The summed E-state index contributed by atoms with van der Waals surface area (Å²) in [6.07, 6.45) is 1.68. The lowest BCUT2D eigenvalue weighted by Crippen LogP contribution is -2.32. The Labute approximate surface area is 226 Å². The molecule has 0 fully saturated rings. The maximum absolute atomic E-state index is 13.5. The molecule has 0 spiro atoms. The van der Waals surface area contributed by atoms with Crippen LogP contribution >= 0.6 is 11.6 Å². The summed E-state index contributed by atoms with van der Waals surface area (Å²) < 4.78 is 12.7. The Morgan fingerprint density at radius 3 is 2.37 bits per heavy atom. The van der Waals surface area contributed by atoms with Crippen LogP contribution in [0.2, 0.25) is 5.02 Å². The third-order valence-corrected chi connectivity index (χ3v) is 6.10. The van der Waals surface area contributed by atoms with E-state index in [1.165, 1.54) is 36.1 Å². The van der Waals surface area contributed by atoms with E-state index in [9.17, 15) is 19.6 Å². The molecule has 0 bridgehead atoms. The van der Waals surface area contributed by atoms with Gasteiger partial charge in [-0.3, -0.25) is 9.59 Å². The highest BCUT2D eigenvalue weighted by molar-refractivity contribution is 6.31. The van der Waals surface area contributed by atoms with Gasteiger partial charge in [-0.15, -0.1) is 0 Å². The zero-order valence-electron chi connectivity index (χ0n) is 21.7. The number of halogens is 1. The number of carboxylic acid groups (broad SMARTS) is 1. The number of pyridine rings is 1. The van der Waals surface area contributed by atoms with Gasteiger partial charge in [0, 0.05) is 35.2 Å². The van der Waals surface area contributed by atoms with E-state index in [0.29, 0.717) is 33.0 Å². The highest BCUT2D eigenvalue weighted by Crippen LogP contribution is 2.33. The van der Waals surface area contributed by atoms with Gasteiger partial charge in [0.15, 0.2) is 5.78 Å². The molecule has 9 heteroatoms. The van der Waals surface area contributed by atoms with Crippen molar-refractivity contribution < 1.29 is 24.2 Å². The molecule has 38 heavy (non-hydrogen) atoms.